The molecule has 2 aliphatic heterocycles. The minimum absolute atomic E-state index is 0. The first-order chi connectivity index (χ1) is 10.7. The molecule has 2 atom stereocenters. The number of benzene rings is 1. The van der Waals surface area contributed by atoms with Gasteiger partial charge in [0.15, 0.2) is 0 Å². The molecule has 2 heterocycles. The summed E-state index contributed by atoms with van der Waals surface area (Å²) < 4.78 is 11.4. The Morgan fingerprint density at radius 3 is 2.74 bits per heavy atom. The van der Waals surface area contributed by atoms with E-state index in [0.29, 0.717) is 12.0 Å². The van der Waals surface area contributed by atoms with Gasteiger partial charge in [-0.2, -0.15) is 0 Å². The molecule has 2 unspecified atom stereocenters. The van der Waals surface area contributed by atoms with Gasteiger partial charge < -0.3 is 15.2 Å². The van der Waals surface area contributed by atoms with Crippen molar-refractivity contribution in [3.05, 3.63) is 29.8 Å². The molecular formula is C18H29ClN2O2. The first-order valence-corrected chi connectivity index (χ1v) is 8.43. The molecule has 2 aliphatic rings. The fourth-order valence-electron chi connectivity index (χ4n) is 3.34. The summed E-state index contributed by atoms with van der Waals surface area (Å²) in [6.07, 6.45) is 3.75. The van der Waals surface area contributed by atoms with Gasteiger partial charge in [0.1, 0.15) is 12.4 Å². The smallest absolute Gasteiger partial charge is 0.119 e. The molecule has 4 nitrogen and oxygen atoms in total. The summed E-state index contributed by atoms with van der Waals surface area (Å²) in [6.45, 7) is 7.85. The lowest BCUT2D eigenvalue weighted by Crippen LogP contribution is -2.31. The zero-order chi connectivity index (χ0) is 15.4. The first kappa shape index (κ1) is 18.5. The van der Waals surface area contributed by atoms with Crippen LogP contribution in [0.25, 0.3) is 0 Å². The van der Waals surface area contributed by atoms with Gasteiger partial charge in [-0.25, -0.2) is 0 Å². The number of halogens is 1. The van der Waals surface area contributed by atoms with E-state index in [1.165, 1.54) is 12.0 Å². The highest BCUT2D eigenvalue weighted by Gasteiger charge is 2.32. The molecule has 2 saturated heterocycles. The van der Waals surface area contributed by atoms with Crippen molar-refractivity contribution < 1.29 is 9.47 Å². The Bertz CT molecular complexity index is 476. The maximum absolute atomic E-state index is 5.88. The van der Waals surface area contributed by atoms with E-state index in [1.54, 1.807) is 0 Å². The van der Waals surface area contributed by atoms with E-state index in [2.05, 4.69) is 36.1 Å². The van der Waals surface area contributed by atoms with Crippen LogP contribution in [0.1, 0.15) is 31.7 Å². The van der Waals surface area contributed by atoms with Crippen molar-refractivity contribution in [2.24, 2.45) is 11.1 Å². The second-order valence-electron chi connectivity index (χ2n) is 7.07. The standard InChI is InChI=1S/C18H28N2O2.ClH/c1-18(13-19)8-9-20(14-18)11-15-4-6-16(7-5-15)22-12-17-3-2-10-21-17;/h4-7,17H,2-3,8-14,19H2,1H3;1H. The van der Waals surface area contributed by atoms with Gasteiger partial charge in [0.2, 0.25) is 0 Å². The molecule has 23 heavy (non-hydrogen) atoms. The van der Waals surface area contributed by atoms with E-state index in [9.17, 15) is 0 Å². The monoisotopic (exact) mass is 340 g/mol. The zero-order valence-corrected chi connectivity index (χ0v) is 14.8. The van der Waals surface area contributed by atoms with Crippen LogP contribution in [-0.4, -0.2) is 43.9 Å². The van der Waals surface area contributed by atoms with Gasteiger partial charge in [-0.15, -0.1) is 12.4 Å². The van der Waals surface area contributed by atoms with Crippen molar-refractivity contribution in [3.63, 3.8) is 0 Å². The summed E-state index contributed by atoms with van der Waals surface area (Å²) in [5.74, 6) is 0.937. The highest BCUT2D eigenvalue weighted by Crippen LogP contribution is 2.29. The number of rotatable bonds is 6. The molecule has 0 saturated carbocycles. The van der Waals surface area contributed by atoms with Crippen molar-refractivity contribution in [2.45, 2.75) is 38.8 Å². The zero-order valence-electron chi connectivity index (χ0n) is 14.0. The van der Waals surface area contributed by atoms with Gasteiger partial charge in [0.25, 0.3) is 0 Å². The fraction of sp³-hybridized carbons (Fsp3) is 0.667. The summed E-state index contributed by atoms with van der Waals surface area (Å²) in [5.41, 5.74) is 7.51. The number of nitrogens with two attached hydrogens (primary N) is 1. The van der Waals surface area contributed by atoms with E-state index in [-0.39, 0.29) is 18.5 Å². The molecule has 5 heteroatoms. The Hall–Kier alpha value is -0.810. The molecule has 1 aromatic carbocycles. The molecule has 130 valence electrons. The van der Waals surface area contributed by atoms with Crippen LogP contribution < -0.4 is 10.5 Å². The third-order valence-corrected chi connectivity index (χ3v) is 4.92. The number of ether oxygens (including phenoxy) is 2. The molecule has 0 amide bonds. The summed E-state index contributed by atoms with van der Waals surface area (Å²) >= 11 is 0. The van der Waals surface area contributed by atoms with Crippen LogP contribution in [0.4, 0.5) is 0 Å². The Kier molecular flexibility index (Phi) is 6.72. The van der Waals surface area contributed by atoms with Crippen LogP contribution in [-0.2, 0) is 11.3 Å². The number of hydrogen-bond acceptors (Lipinski definition) is 4. The molecule has 2 fully saturated rings. The predicted molar refractivity (Wildman–Crippen MR) is 95.2 cm³/mol. The van der Waals surface area contributed by atoms with Gasteiger partial charge >= 0.3 is 0 Å². The Morgan fingerprint density at radius 2 is 2.13 bits per heavy atom. The fourth-order valence-corrected chi connectivity index (χ4v) is 3.34. The number of likely N-dealkylation sites (tertiary alicyclic amines) is 1. The van der Waals surface area contributed by atoms with Gasteiger partial charge in [-0.3, -0.25) is 4.90 Å². The molecule has 0 spiro atoms. The molecule has 0 radical (unpaired) electrons. The minimum Gasteiger partial charge on any atom is -0.491 e. The molecule has 3 rings (SSSR count). The largest absolute Gasteiger partial charge is 0.491 e. The predicted octanol–water partition coefficient (Wildman–Crippen LogP) is 2.84. The summed E-state index contributed by atoms with van der Waals surface area (Å²) in [7, 11) is 0. The third kappa shape index (κ3) is 5.08. The minimum atomic E-state index is 0. The quantitative estimate of drug-likeness (QED) is 0.865. The van der Waals surface area contributed by atoms with E-state index in [4.69, 9.17) is 15.2 Å². The Balaban J connectivity index is 0.00000192. The lowest BCUT2D eigenvalue weighted by atomic mass is 9.90. The highest BCUT2D eigenvalue weighted by molar-refractivity contribution is 5.85. The molecule has 0 bridgehead atoms. The van der Waals surface area contributed by atoms with Gasteiger partial charge in [0, 0.05) is 19.7 Å². The highest BCUT2D eigenvalue weighted by atomic mass is 35.5. The van der Waals surface area contributed by atoms with E-state index in [0.717, 1.165) is 51.4 Å². The average Bonchev–Trinajstić information content (AvgIpc) is 3.17. The van der Waals surface area contributed by atoms with Gasteiger partial charge in [0.05, 0.1) is 6.10 Å². The van der Waals surface area contributed by atoms with Gasteiger partial charge in [-0.05, 0) is 55.5 Å². The summed E-state index contributed by atoms with van der Waals surface area (Å²) in [4.78, 5) is 2.50. The van der Waals surface area contributed by atoms with Crippen LogP contribution in [0, 0.1) is 5.41 Å². The van der Waals surface area contributed by atoms with E-state index < -0.39 is 0 Å². The van der Waals surface area contributed by atoms with E-state index >= 15 is 0 Å². The number of hydrogen-bond donors (Lipinski definition) is 1. The van der Waals surface area contributed by atoms with E-state index in [1.807, 2.05) is 0 Å². The lowest BCUT2D eigenvalue weighted by Gasteiger charge is -2.22. The second-order valence-corrected chi connectivity index (χ2v) is 7.07. The second kappa shape index (κ2) is 8.34. The topological polar surface area (TPSA) is 47.7 Å². The van der Waals surface area contributed by atoms with Crippen LogP contribution >= 0.6 is 12.4 Å². The summed E-state index contributed by atoms with van der Waals surface area (Å²) in [6, 6.07) is 8.48. The molecule has 0 aromatic heterocycles. The van der Waals surface area contributed by atoms with Crippen molar-refractivity contribution in [2.75, 3.05) is 32.8 Å². The average molecular weight is 341 g/mol. The van der Waals surface area contributed by atoms with Crippen LogP contribution in [0.3, 0.4) is 0 Å². The molecule has 1 aromatic rings. The molecular weight excluding hydrogens is 312 g/mol. The maximum atomic E-state index is 5.88. The summed E-state index contributed by atoms with van der Waals surface area (Å²) in [5, 5.41) is 0. The first-order valence-electron chi connectivity index (χ1n) is 8.43. The normalized spacial score (nSPS) is 27.8. The van der Waals surface area contributed by atoms with Crippen LogP contribution in [0.15, 0.2) is 24.3 Å². The van der Waals surface area contributed by atoms with Crippen LogP contribution in [0.2, 0.25) is 0 Å². The van der Waals surface area contributed by atoms with Crippen molar-refractivity contribution >= 4 is 12.4 Å². The molecule has 0 aliphatic carbocycles. The Morgan fingerprint density at radius 1 is 1.35 bits per heavy atom. The lowest BCUT2D eigenvalue weighted by molar-refractivity contribution is 0.0679. The third-order valence-electron chi connectivity index (χ3n) is 4.92. The molecule has 2 N–H and O–H groups in total. The SMILES string of the molecule is CC1(CN)CCN(Cc2ccc(OCC3CCCO3)cc2)C1.Cl. The number of nitrogens with zero attached hydrogens (tertiary/aromatic N) is 1. The van der Waals surface area contributed by atoms with Gasteiger partial charge in [-0.1, -0.05) is 19.1 Å². The van der Waals surface area contributed by atoms with Crippen molar-refractivity contribution in [1.29, 1.82) is 0 Å². The van der Waals surface area contributed by atoms with Crippen molar-refractivity contribution in [3.8, 4) is 5.75 Å². The maximum Gasteiger partial charge on any atom is 0.119 e. The van der Waals surface area contributed by atoms with Crippen LogP contribution in [0.5, 0.6) is 5.75 Å². The Labute approximate surface area is 145 Å². The van der Waals surface area contributed by atoms with Crippen molar-refractivity contribution in [1.82, 2.24) is 4.90 Å².